The summed E-state index contributed by atoms with van der Waals surface area (Å²) < 4.78 is 25.7. The number of rotatable bonds is 6. The van der Waals surface area contributed by atoms with Gasteiger partial charge in [-0.15, -0.1) is 5.14 Å². The number of aryl methyl sites for hydroxylation is 1. The van der Waals surface area contributed by atoms with Crippen LogP contribution in [0, 0.1) is 12.7 Å². The van der Waals surface area contributed by atoms with Gasteiger partial charge in [0.05, 0.1) is 17.1 Å². The highest BCUT2D eigenvalue weighted by molar-refractivity contribution is 7.89. The molecule has 0 aliphatic rings. The lowest BCUT2D eigenvalue weighted by Crippen LogP contribution is -2.12. The molecule has 3 rings (SSSR count). The number of hydrogen-bond donors (Lipinski definition) is 3. The van der Waals surface area contributed by atoms with E-state index in [1.165, 1.54) is 6.07 Å². The first kappa shape index (κ1) is 20.3. The average Bonchev–Trinajstić information content (AvgIpc) is 2.64. The Labute approximate surface area is 170 Å². The Kier molecular flexibility index (Phi) is 6.35. The van der Waals surface area contributed by atoms with E-state index in [0.717, 1.165) is 5.56 Å². The van der Waals surface area contributed by atoms with Crippen LogP contribution in [0.3, 0.4) is 0 Å². The predicted octanol–water partition coefficient (Wildman–Crippen LogP) is 3.46. The molecule has 0 aliphatic heterocycles. The summed E-state index contributed by atoms with van der Waals surface area (Å²) in [6, 6.07) is 11.9. The lowest BCUT2D eigenvalue weighted by molar-refractivity contribution is 0.596. The van der Waals surface area contributed by atoms with Gasteiger partial charge < -0.3 is 15.6 Å². The molecule has 5 N–H and O–H groups in total. The Morgan fingerprint density at radius 2 is 1.89 bits per heavy atom. The Bertz CT molecular complexity index is 985. The molecular weight excluding hydrogens is 401 g/mol. The van der Waals surface area contributed by atoms with Gasteiger partial charge in [-0.1, -0.05) is 23.7 Å². The number of nitrogen functional groups attached to an aromatic ring is 1. The Morgan fingerprint density at radius 1 is 1.18 bits per heavy atom. The monoisotopic (exact) mass is 419 g/mol. The summed E-state index contributed by atoms with van der Waals surface area (Å²) in [6.45, 7) is 2.21. The SMILES string of the molecule is Cc1cc(Cl)cc(-c2cc(NCCc3ccc([S+](N)[O-])cc3)nc(N)n2)c1F. The van der Waals surface area contributed by atoms with Crippen LogP contribution in [0.5, 0.6) is 0 Å². The van der Waals surface area contributed by atoms with E-state index in [1.807, 2.05) is 12.1 Å². The van der Waals surface area contributed by atoms with E-state index in [0.29, 0.717) is 40.0 Å². The lowest BCUT2D eigenvalue weighted by Gasteiger charge is -2.11. The largest absolute Gasteiger partial charge is 0.593 e. The minimum absolute atomic E-state index is 0.0341. The van der Waals surface area contributed by atoms with Gasteiger partial charge in [-0.05, 0) is 48.7 Å². The number of halogens is 2. The van der Waals surface area contributed by atoms with Crippen molar-refractivity contribution in [2.24, 2.45) is 5.14 Å². The number of hydrogen-bond acceptors (Lipinski definition) is 6. The van der Waals surface area contributed by atoms with Crippen molar-refractivity contribution in [1.29, 1.82) is 0 Å². The molecule has 1 atom stereocenters. The van der Waals surface area contributed by atoms with E-state index < -0.39 is 17.2 Å². The van der Waals surface area contributed by atoms with Crippen LogP contribution in [-0.2, 0) is 17.8 Å². The Hall–Kier alpha value is -2.39. The molecule has 0 spiro atoms. The van der Waals surface area contributed by atoms with E-state index in [9.17, 15) is 8.94 Å². The second kappa shape index (κ2) is 8.74. The molecule has 0 amide bonds. The van der Waals surface area contributed by atoms with Gasteiger partial charge >= 0.3 is 0 Å². The minimum Gasteiger partial charge on any atom is -0.593 e. The zero-order chi connectivity index (χ0) is 20.3. The van der Waals surface area contributed by atoms with Crippen LogP contribution in [-0.4, -0.2) is 21.1 Å². The maximum Gasteiger partial charge on any atom is 0.222 e. The van der Waals surface area contributed by atoms with Crippen molar-refractivity contribution in [3.8, 4) is 11.3 Å². The van der Waals surface area contributed by atoms with Crippen LogP contribution < -0.4 is 16.2 Å². The fourth-order valence-corrected chi connectivity index (χ4v) is 3.41. The molecule has 0 fully saturated rings. The number of benzene rings is 2. The van der Waals surface area contributed by atoms with Gasteiger partial charge in [0.2, 0.25) is 5.95 Å². The molecule has 28 heavy (non-hydrogen) atoms. The van der Waals surface area contributed by atoms with E-state index in [2.05, 4.69) is 15.3 Å². The number of nitrogens with zero attached hydrogens (tertiary/aromatic N) is 2. The first-order valence-electron chi connectivity index (χ1n) is 8.43. The van der Waals surface area contributed by atoms with E-state index >= 15 is 0 Å². The molecule has 1 aromatic heterocycles. The fraction of sp³-hybridized carbons (Fsp3) is 0.158. The van der Waals surface area contributed by atoms with Crippen molar-refractivity contribution in [2.45, 2.75) is 18.2 Å². The summed E-state index contributed by atoms with van der Waals surface area (Å²) in [5.74, 6) is 0.122. The normalized spacial score (nSPS) is 12.0. The number of anilines is 2. The quantitative estimate of drug-likeness (QED) is 0.527. The lowest BCUT2D eigenvalue weighted by atomic mass is 10.1. The molecule has 146 valence electrons. The second-order valence-corrected chi connectivity index (χ2v) is 7.70. The number of nitrogens with one attached hydrogen (secondary N) is 1. The third-order valence-corrected chi connectivity index (χ3v) is 5.07. The van der Waals surface area contributed by atoms with Crippen molar-refractivity contribution < 1.29 is 8.94 Å². The van der Waals surface area contributed by atoms with Gasteiger partial charge in [0.1, 0.15) is 11.6 Å². The minimum atomic E-state index is -1.49. The standard InChI is InChI=1S/C19H19ClFN5OS/c1-11-8-13(20)9-15(18(11)21)16-10-17(26-19(22)25-16)24-7-6-12-2-4-14(5-3-12)28(23)27/h2-5,8-10H,6-7,23H2,1H3,(H3,22,24,25,26). The van der Waals surface area contributed by atoms with E-state index in [4.69, 9.17) is 22.5 Å². The van der Waals surface area contributed by atoms with Crippen LogP contribution in [0.2, 0.25) is 5.02 Å². The zero-order valence-corrected chi connectivity index (χ0v) is 16.6. The average molecular weight is 420 g/mol. The van der Waals surface area contributed by atoms with Crippen molar-refractivity contribution >= 4 is 34.7 Å². The molecule has 0 radical (unpaired) electrons. The fourth-order valence-electron chi connectivity index (χ4n) is 2.73. The molecule has 6 nitrogen and oxygen atoms in total. The van der Waals surface area contributed by atoms with Crippen molar-refractivity contribution in [3.63, 3.8) is 0 Å². The summed E-state index contributed by atoms with van der Waals surface area (Å²) in [7, 11) is 0. The zero-order valence-electron chi connectivity index (χ0n) is 15.1. The Balaban J connectivity index is 1.73. The highest BCUT2D eigenvalue weighted by Gasteiger charge is 2.13. The molecule has 3 aromatic rings. The van der Waals surface area contributed by atoms with Crippen LogP contribution >= 0.6 is 11.6 Å². The Morgan fingerprint density at radius 3 is 2.57 bits per heavy atom. The molecule has 1 unspecified atom stereocenters. The van der Waals surface area contributed by atoms with Gasteiger partial charge in [0.25, 0.3) is 0 Å². The highest BCUT2D eigenvalue weighted by Crippen LogP contribution is 2.29. The molecular formula is C19H19ClFN5OS. The van der Waals surface area contributed by atoms with E-state index in [1.54, 1.807) is 31.2 Å². The molecule has 2 aromatic carbocycles. The molecule has 1 heterocycles. The summed E-state index contributed by atoms with van der Waals surface area (Å²) in [6.07, 6.45) is 0.696. The van der Waals surface area contributed by atoms with Crippen molar-refractivity contribution in [1.82, 2.24) is 9.97 Å². The first-order chi connectivity index (χ1) is 13.3. The van der Waals surface area contributed by atoms with E-state index in [-0.39, 0.29) is 11.5 Å². The predicted molar refractivity (Wildman–Crippen MR) is 111 cm³/mol. The smallest absolute Gasteiger partial charge is 0.222 e. The summed E-state index contributed by atoms with van der Waals surface area (Å²) in [5.41, 5.74) is 7.89. The highest BCUT2D eigenvalue weighted by atomic mass is 35.5. The van der Waals surface area contributed by atoms with Crippen LogP contribution in [0.4, 0.5) is 16.2 Å². The van der Waals surface area contributed by atoms with Gasteiger partial charge in [-0.2, -0.15) is 4.98 Å². The van der Waals surface area contributed by atoms with Crippen LogP contribution in [0.25, 0.3) is 11.3 Å². The number of nitrogens with two attached hydrogens (primary N) is 2. The maximum atomic E-state index is 14.5. The third kappa shape index (κ3) is 4.90. The van der Waals surface area contributed by atoms with Gasteiger partial charge in [-0.3, -0.25) is 0 Å². The third-order valence-electron chi connectivity index (χ3n) is 4.11. The van der Waals surface area contributed by atoms with Crippen LogP contribution in [0.1, 0.15) is 11.1 Å². The van der Waals surface area contributed by atoms with Crippen LogP contribution in [0.15, 0.2) is 47.4 Å². The molecule has 0 saturated carbocycles. The second-order valence-electron chi connectivity index (χ2n) is 6.20. The molecule has 0 bridgehead atoms. The summed E-state index contributed by atoms with van der Waals surface area (Å²) in [5, 5.41) is 8.92. The van der Waals surface area contributed by atoms with Crippen molar-refractivity contribution in [2.75, 3.05) is 17.6 Å². The maximum absolute atomic E-state index is 14.5. The first-order valence-corrected chi connectivity index (χ1v) is 10.0. The molecule has 0 saturated heterocycles. The summed E-state index contributed by atoms with van der Waals surface area (Å²) >= 11 is 4.56. The summed E-state index contributed by atoms with van der Waals surface area (Å²) in [4.78, 5) is 8.85. The van der Waals surface area contributed by atoms with Crippen molar-refractivity contribution in [3.05, 3.63) is 64.4 Å². The number of aromatic nitrogens is 2. The van der Waals surface area contributed by atoms with Gasteiger partial charge in [0.15, 0.2) is 4.90 Å². The van der Waals surface area contributed by atoms with Gasteiger partial charge in [-0.25, -0.2) is 9.37 Å². The topological polar surface area (TPSA) is 113 Å². The molecule has 0 aliphatic carbocycles. The molecule has 9 heteroatoms. The van der Waals surface area contributed by atoms with Gasteiger partial charge in [0, 0.05) is 23.2 Å².